The lowest BCUT2D eigenvalue weighted by atomic mass is 9.98. The molecule has 720 valence electrons. The van der Waals surface area contributed by atoms with Gasteiger partial charge in [-0.25, -0.2) is 13.2 Å². The number of thioether (sulfide) groups is 1. The van der Waals surface area contributed by atoms with Crippen molar-refractivity contribution in [1.29, 1.82) is 0 Å². The van der Waals surface area contributed by atoms with Crippen molar-refractivity contribution in [2.75, 3.05) is 52.3 Å². The van der Waals surface area contributed by atoms with E-state index in [0.29, 0.717) is 57.9 Å². The number of aliphatic carboxylic acids is 2. The quantitative estimate of drug-likeness (QED) is 0.0312. The van der Waals surface area contributed by atoms with E-state index in [-0.39, 0.29) is 30.6 Å². The van der Waals surface area contributed by atoms with Crippen LogP contribution in [0.15, 0.2) is 128 Å². The number of halogens is 3. The number of aliphatic hydroxyl groups excluding tert-OH is 2. The van der Waals surface area contributed by atoms with Crippen LogP contribution in [0.1, 0.15) is 100.0 Å². The minimum Gasteiger partial charge on any atom is -0.508 e. The Labute approximate surface area is 771 Å². The molecule has 0 radical (unpaired) electrons. The first-order valence-corrected chi connectivity index (χ1v) is 44.3. The Morgan fingerprint density at radius 2 is 0.970 bits per heavy atom. The number of hydrogen-bond acceptors (Lipinski definition) is 22. The maximum Gasteiger partial charge on any atom is 0.305 e. The Morgan fingerprint density at radius 1 is 0.493 bits per heavy atom. The summed E-state index contributed by atoms with van der Waals surface area (Å²) in [7, 11) is 3.44. The smallest absolute Gasteiger partial charge is 0.305 e. The summed E-state index contributed by atoms with van der Waals surface area (Å²) < 4.78 is 45.0. The number of unbranched alkanes of at least 4 members (excludes halogenated alkanes) is 1. The molecule has 44 heteroatoms. The molecule has 6 aromatic rings. The van der Waals surface area contributed by atoms with E-state index in [0.717, 1.165) is 38.6 Å². The number of fused-ring (bicyclic) bond motifs is 3. The van der Waals surface area contributed by atoms with Gasteiger partial charge < -0.3 is 114 Å². The number of H-pyrrole nitrogens is 1. The van der Waals surface area contributed by atoms with E-state index >= 15 is 51.9 Å². The average Bonchev–Trinajstić information content (AvgIpc) is 1.62. The second-order valence-corrected chi connectivity index (χ2v) is 34.5. The molecule has 5 aromatic carbocycles. The van der Waals surface area contributed by atoms with Gasteiger partial charge in [-0.3, -0.25) is 86.3 Å². The van der Waals surface area contributed by atoms with Crippen molar-refractivity contribution in [3.63, 3.8) is 0 Å². The van der Waals surface area contributed by atoms with Gasteiger partial charge in [0.05, 0.1) is 43.8 Å². The normalized spacial score (nSPS) is 24.5. The van der Waals surface area contributed by atoms with Gasteiger partial charge in [0.25, 0.3) is 0 Å². The van der Waals surface area contributed by atoms with Crippen LogP contribution in [0.2, 0.25) is 0 Å². The molecule has 3 fully saturated rings. The molecular weight excluding hydrogens is 1780 g/mol. The molecule has 3 saturated heterocycles. The number of carbonyl (C=O) groups is 18. The minimum atomic E-state index is -2.14. The monoisotopic (exact) mass is 1890 g/mol. The second-order valence-electron chi connectivity index (χ2n) is 33.5. The number of phenolic OH excluding ortho intramolecular Hbond substituents is 1. The fourth-order valence-electron chi connectivity index (χ4n) is 16.0. The largest absolute Gasteiger partial charge is 0.508 e. The molecule has 3 aliphatic rings. The van der Waals surface area contributed by atoms with E-state index in [1.807, 2.05) is 0 Å². The number of rotatable bonds is 23. The fraction of sp³-hybridized carbons (Fsp3) is 0.444. The van der Waals surface area contributed by atoms with E-state index in [9.17, 15) is 73.1 Å². The van der Waals surface area contributed by atoms with Crippen molar-refractivity contribution < 1.29 is 125 Å². The maximum atomic E-state index is 15.7. The highest BCUT2D eigenvalue weighted by Crippen LogP contribution is 2.29. The van der Waals surface area contributed by atoms with Crippen LogP contribution in [0, 0.1) is 23.4 Å². The Kier molecular flexibility index (Phi) is 37.0. The number of nitrogens with one attached hydrogen (secondary N) is 10. The van der Waals surface area contributed by atoms with Crippen LogP contribution in [0.3, 0.4) is 0 Å². The highest BCUT2D eigenvalue weighted by atomic mass is 32.2. The van der Waals surface area contributed by atoms with Gasteiger partial charge in [-0.1, -0.05) is 125 Å². The van der Waals surface area contributed by atoms with Gasteiger partial charge in [-0.15, -0.1) is 11.8 Å². The first-order chi connectivity index (χ1) is 63.5. The molecule has 0 bridgehead atoms. The summed E-state index contributed by atoms with van der Waals surface area (Å²) >= 11 is 0.545. The molecule has 1 aromatic heterocycles. The Bertz CT molecular complexity index is 5310. The van der Waals surface area contributed by atoms with Gasteiger partial charge in [0.1, 0.15) is 84.3 Å². The third-order valence-electron chi connectivity index (χ3n) is 23.1. The Hall–Kier alpha value is -14.0. The van der Waals surface area contributed by atoms with Crippen LogP contribution in [-0.2, 0) is 118 Å². The maximum absolute atomic E-state index is 15.7. The zero-order valence-electron chi connectivity index (χ0n) is 74.1. The Morgan fingerprint density at radius 3 is 1.54 bits per heavy atom. The number of aromatic nitrogens is 1. The standard InChI is InChI=1S/C90H110F3N17O23S/c1-7-8-23-66-89(132)110-43-54(113)36-69(110)85(128)102-62(38-74(117)118)82(125)105-77(46(2)3)90(133)107(5)67(32-47-17-11-9-12-18-47)83(126)103-64(39-75(119)120)87(130)109-42-53(112)35-68(109)84(127)101-60(34-51-40-96-58-22-16-15-21-55(51)58)80(123)99-59(30-49-24-26-52(111)27-25-49)79(122)100-61(37-71(94)114)81(124)104-65(78(121)97-41-72(95)115)44-134-45-73(116)98-63(31-50-28-56(91)76(93)57(92)29-50)86(129)108(6)70(88(131)106(66)4)33-48-19-13-10-14-20-48/h9-22,24-29,40,46,53-54,59-70,77,96,111-113H,7-8,23,30-39,41-45H2,1-6H3,(H2,94,114)(H2,95,115)(H,97,121)(H,98,116)(H,99,123)(H,100,122)(H,101,127)(H,102,128)(H,103,126)(H,104,124)(H,105,125)(H,117,118)(H,119,120)/t53-,54-,59+,60+,61+,62+,63+,64+,65+,66+,67+,68-,69-,70+,77+/m1/s1. The first kappa shape index (κ1) is 104. The number of aromatic hydroxyl groups is 1. The molecule has 3 aliphatic heterocycles. The highest BCUT2D eigenvalue weighted by Gasteiger charge is 2.49. The molecule has 9 rings (SSSR count). The predicted octanol–water partition coefficient (Wildman–Crippen LogP) is -1.89. The molecule has 0 aliphatic carbocycles. The lowest BCUT2D eigenvalue weighted by Gasteiger charge is -2.38. The van der Waals surface area contributed by atoms with Gasteiger partial charge in [-0.05, 0) is 70.5 Å². The number of nitrogens with two attached hydrogens (primary N) is 2. The molecule has 40 nitrogen and oxygen atoms in total. The summed E-state index contributed by atoms with van der Waals surface area (Å²) in [5, 5.41) is 76.2. The summed E-state index contributed by atoms with van der Waals surface area (Å²) in [6.45, 7) is 2.47. The van der Waals surface area contributed by atoms with Crippen molar-refractivity contribution in [3.05, 3.63) is 173 Å². The summed E-state index contributed by atoms with van der Waals surface area (Å²) in [6, 6.07) is 4.52. The number of nitrogens with zero attached hydrogens (tertiary/aromatic N) is 5. The molecule has 15 atom stereocenters. The van der Waals surface area contributed by atoms with Gasteiger partial charge in [-0.2, -0.15) is 0 Å². The zero-order chi connectivity index (χ0) is 98.2. The number of primary amides is 2. The fourth-order valence-corrected chi connectivity index (χ4v) is 16.9. The number of carboxylic acids is 2. The van der Waals surface area contributed by atoms with Crippen molar-refractivity contribution in [2.24, 2.45) is 17.4 Å². The van der Waals surface area contributed by atoms with Gasteiger partial charge in [0, 0.05) is 102 Å². The van der Waals surface area contributed by atoms with Crippen LogP contribution in [0.4, 0.5) is 13.2 Å². The number of carbonyl (C=O) groups excluding carboxylic acids is 16. The van der Waals surface area contributed by atoms with E-state index in [1.54, 1.807) is 91.9 Å². The van der Waals surface area contributed by atoms with Crippen molar-refractivity contribution in [1.82, 2.24) is 77.3 Å². The number of phenols is 1. The summed E-state index contributed by atoms with van der Waals surface area (Å²) in [5.74, 6) is -30.3. The number of para-hydroxylation sites is 1. The Balaban J connectivity index is 1.14. The van der Waals surface area contributed by atoms with Crippen LogP contribution < -0.4 is 59.3 Å². The van der Waals surface area contributed by atoms with Crippen molar-refractivity contribution >= 4 is 129 Å². The molecule has 19 N–H and O–H groups in total. The lowest BCUT2D eigenvalue weighted by Crippen LogP contribution is -2.62. The molecule has 4 heterocycles. The molecule has 16 amide bonds. The second kappa shape index (κ2) is 47.9. The van der Waals surface area contributed by atoms with Gasteiger partial charge >= 0.3 is 11.9 Å². The van der Waals surface area contributed by atoms with Crippen LogP contribution in [0.25, 0.3) is 10.9 Å². The van der Waals surface area contributed by atoms with Crippen LogP contribution >= 0.6 is 11.8 Å². The van der Waals surface area contributed by atoms with E-state index in [1.165, 1.54) is 51.4 Å². The van der Waals surface area contributed by atoms with Crippen LogP contribution in [-0.4, -0.2) is 305 Å². The van der Waals surface area contributed by atoms with E-state index in [4.69, 9.17) is 11.5 Å². The average molecular weight is 1890 g/mol. The SMILES string of the molecule is CCCC[C@H]1C(=O)N2C[C@H](O)C[C@@H]2C(=O)N[C@@H](CC(=O)O)C(=O)N[C@@H](C(C)C)C(=O)N(C)[C@@H](Cc2ccccc2)C(=O)N[C@@H](CC(=O)O)C(=O)N2C[C@H](O)C[C@@H]2C(=O)N[C@@H](Cc2c[nH]c3ccccc23)C(=O)N[C@@H](Cc2ccc(O)cc2)C(=O)N[C@@H](CC(N)=O)C(=O)N[C@H](C(=O)NCC(N)=O)CSCC(=O)N[C@@H](Cc2cc(F)c(F)c(F)c2)C(=O)N(C)[C@@H](Cc2ccccc2)C(=O)N1C. The number of carboxylic acid groups (broad SMARTS) is 2. The number of hydrogen-bond donors (Lipinski definition) is 17. The minimum absolute atomic E-state index is 0.171. The number of benzene rings is 5. The molecule has 0 saturated carbocycles. The van der Waals surface area contributed by atoms with Crippen molar-refractivity contribution in [3.8, 4) is 5.75 Å². The molecule has 0 unspecified atom stereocenters. The highest BCUT2D eigenvalue weighted by molar-refractivity contribution is 8.00. The predicted molar refractivity (Wildman–Crippen MR) is 474 cm³/mol. The van der Waals surface area contributed by atoms with E-state index in [2.05, 4.69) is 52.8 Å². The zero-order valence-corrected chi connectivity index (χ0v) is 74.9. The lowest BCUT2D eigenvalue weighted by molar-refractivity contribution is -0.152. The van der Waals surface area contributed by atoms with Crippen molar-refractivity contribution in [2.45, 2.75) is 195 Å². The number of aromatic amines is 1. The number of aliphatic hydroxyl groups is 2. The van der Waals surface area contributed by atoms with Crippen LogP contribution in [0.5, 0.6) is 5.75 Å². The number of amides is 16. The first-order valence-electron chi connectivity index (χ1n) is 43.1. The van der Waals surface area contributed by atoms with Gasteiger partial charge in [0.2, 0.25) is 94.5 Å². The number of likely N-dealkylation sites (N-methyl/N-ethyl adjacent to an activating group) is 3. The van der Waals surface area contributed by atoms with E-state index < -0.39 is 315 Å². The summed E-state index contributed by atoms with van der Waals surface area (Å²) in [6.07, 6.45) is -8.36. The summed E-state index contributed by atoms with van der Waals surface area (Å²) in [4.78, 5) is 269. The third kappa shape index (κ3) is 28.3. The van der Waals surface area contributed by atoms with Gasteiger partial charge in [0.15, 0.2) is 17.5 Å². The summed E-state index contributed by atoms with van der Waals surface area (Å²) in [5.41, 5.74) is 12.5. The molecule has 134 heavy (non-hydrogen) atoms. The third-order valence-corrected chi connectivity index (χ3v) is 24.2. The molecular formula is C90H110F3N17O23S. The topological polar surface area (TPSA) is 601 Å². The molecule has 0 spiro atoms.